The molecule has 0 atom stereocenters. The Morgan fingerprint density at radius 1 is 1.08 bits per heavy atom. The van der Waals surface area contributed by atoms with Crippen molar-refractivity contribution >= 4 is 17.6 Å². The van der Waals surface area contributed by atoms with E-state index in [9.17, 15) is 9.59 Å². The highest BCUT2D eigenvalue weighted by molar-refractivity contribution is 6.04. The van der Waals surface area contributed by atoms with Gasteiger partial charge in [-0.15, -0.1) is 0 Å². The Kier molecular flexibility index (Phi) is 6.60. The van der Waals surface area contributed by atoms with Gasteiger partial charge >= 0.3 is 5.97 Å². The highest BCUT2D eigenvalue weighted by Crippen LogP contribution is 2.29. The number of hydrogen-bond acceptors (Lipinski definition) is 4. The van der Waals surface area contributed by atoms with Crippen LogP contribution in [0.25, 0.3) is 0 Å². The third-order valence-corrected chi connectivity index (χ3v) is 3.67. The smallest absolute Gasteiger partial charge is 0.341 e. The lowest BCUT2D eigenvalue weighted by molar-refractivity contribution is -0.139. The number of benzene rings is 2. The molecule has 0 radical (unpaired) electrons. The van der Waals surface area contributed by atoms with Gasteiger partial charge in [-0.1, -0.05) is 26.0 Å². The summed E-state index contributed by atoms with van der Waals surface area (Å²) in [5, 5.41) is 11.6. The van der Waals surface area contributed by atoms with Crippen molar-refractivity contribution in [2.75, 3.05) is 18.5 Å². The molecule has 0 bridgehead atoms. The molecule has 0 heterocycles. The van der Waals surface area contributed by atoms with Crippen LogP contribution in [-0.4, -0.2) is 30.2 Å². The van der Waals surface area contributed by atoms with Crippen molar-refractivity contribution in [3.8, 4) is 11.5 Å². The first kappa shape index (κ1) is 19.3. The molecule has 6 nitrogen and oxygen atoms in total. The Morgan fingerprint density at radius 2 is 1.85 bits per heavy atom. The zero-order valence-corrected chi connectivity index (χ0v) is 15.1. The molecular weight excluding hydrogens is 334 g/mol. The van der Waals surface area contributed by atoms with Gasteiger partial charge in [0.2, 0.25) is 0 Å². The number of rotatable bonds is 8. The fourth-order valence-electron chi connectivity index (χ4n) is 2.36. The van der Waals surface area contributed by atoms with E-state index in [1.54, 1.807) is 19.1 Å². The van der Waals surface area contributed by atoms with Crippen LogP contribution in [0, 0.1) is 0 Å². The average Bonchev–Trinajstić information content (AvgIpc) is 2.61. The van der Waals surface area contributed by atoms with Crippen LogP contribution in [0.4, 0.5) is 5.69 Å². The third-order valence-electron chi connectivity index (χ3n) is 3.67. The van der Waals surface area contributed by atoms with E-state index in [0.717, 1.165) is 5.56 Å². The maximum absolute atomic E-state index is 12.5. The second kappa shape index (κ2) is 8.89. The van der Waals surface area contributed by atoms with Gasteiger partial charge in [0.25, 0.3) is 5.91 Å². The third kappa shape index (κ3) is 5.24. The van der Waals surface area contributed by atoms with Crippen LogP contribution in [-0.2, 0) is 4.79 Å². The molecule has 0 saturated carbocycles. The Morgan fingerprint density at radius 3 is 2.50 bits per heavy atom. The Bertz CT molecular complexity index is 786. The molecule has 0 saturated heterocycles. The quantitative estimate of drug-likeness (QED) is 0.748. The summed E-state index contributed by atoms with van der Waals surface area (Å²) in [6.07, 6.45) is 0. The van der Waals surface area contributed by atoms with Crippen LogP contribution >= 0.6 is 0 Å². The zero-order chi connectivity index (χ0) is 19.1. The number of carbonyl (C=O) groups is 2. The molecule has 0 aliphatic carbocycles. The minimum Gasteiger partial charge on any atom is -0.490 e. The lowest BCUT2D eigenvalue weighted by Gasteiger charge is -2.13. The van der Waals surface area contributed by atoms with Gasteiger partial charge in [0.05, 0.1) is 6.61 Å². The molecular formula is C20H23NO5. The topological polar surface area (TPSA) is 84.9 Å². The van der Waals surface area contributed by atoms with Gasteiger partial charge in [-0.2, -0.15) is 0 Å². The van der Waals surface area contributed by atoms with E-state index in [0.29, 0.717) is 29.5 Å². The van der Waals surface area contributed by atoms with Crippen molar-refractivity contribution in [2.45, 2.75) is 26.7 Å². The second-order valence-electron chi connectivity index (χ2n) is 6.01. The highest BCUT2D eigenvalue weighted by Gasteiger charge is 2.13. The maximum Gasteiger partial charge on any atom is 0.341 e. The summed E-state index contributed by atoms with van der Waals surface area (Å²) in [4.78, 5) is 23.2. The summed E-state index contributed by atoms with van der Waals surface area (Å²) in [6, 6.07) is 12.3. The summed E-state index contributed by atoms with van der Waals surface area (Å²) in [5.74, 6) is -0.386. The Labute approximate surface area is 152 Å². The molecule has 0 unspecified atom stereocenters. The lowest BCUT2D eigenvalue weighted by atomic mass is 10.0. The molecule has 1 amide bonds. The number of hydrogen-bond donors (Lipinski definition) is 2. The number of aliphatic carboxylic acids is 1. The number of ether oxygens (including phenoxy) is 2. The highest BCUT2D eigenvalue weighted by atomic mass is 16.5. The van der Waals surface area contributed by atoms with Crippen molar-refractivity contribution in [1.29, 1.82) is 0 Å². The number of carbonyl (C=O) groups excluding carboxylic acids is 1. The lowest BCUT2D eigenvalue weighted by Crippen LogP contribution is -2.13. The predicted molar refractivity (Wildman–Crippen MR) is 99.2 cm³/mol. The fraction of sp³-hybridized carbons (Fsp3) is 0.300. The summed E-state index contributed by atoms with van der Waals surface area (Å²) < 4.78 is 10.7. The maximum atomic E-state index is 12.5. The molecule has 138 valence electrons. The van der Waals surface area contributed by atoms with Crippen LogP contribution in [0.15, 0.2) is 42.5 Å². The standard InChI is InChI=1S/C20H23NO5/c1-4-25-18-11-15(8-9-17(18)26-12-19(22)23)20(24)21-16-7-5-6-14(10-16)13(2)3/h5-11,13H,4,12H2,1-3H3,(H,21,24)(H,22,23). The van der Waals surface area contributed by atoms with Gasteiger partial charge in [0, 0.05) is 11.3 Å². The summed E-state index contributed by atoms with van der Waals surface area (Å²) >= 11 is 0. The first-order chi connectivity index (χ1) is 12.4. The van der Waals surface area contributed by atoms with E-state index >= 15 is 0 Å². The fourth-order valence-corrected chi connectivity index (χ4v) is 2.36. The number of carboxylic acid groups (broad SMARTS) is 1. The Hall–Kier alpha value is -3.02. The molecule has 0 fully saturated rings. The monoisotopic (exact) mass is 357 g/mol. The minimum absolute atomic E-state index is 0.281. The molecule has 2 aromatic rings. The van der Waals surface area contributed by atoms with Crippen LogP contribution in [0.2, 0.25) is 0 Å². The molecule has 26 heavy (non-hydrogen) atoms. The predicted octanol–water partition coefficient (Wildman–Crippen LogP) is 3.92. The van der Waals surface area contributed by atoms with E-state index in [4.69, 9.17) is 14.6 Å². The summed E-state index contributed by atoms with van der Waals surface area (Å²) in [5.41, 5.74) is 2.24. The van der Waals surface area contributed by atoms with Gasteiger partial charge in [-0.3, -0.25) is 4.79 Å². The molecule has 2 N–H and O–H groups in total. The number of carboxylic acids is 1. The number of anilines is 1. The van der Waals surface area contributed by atoms with Gasteiger partial charge in [-0.05, 0) is 48.7 Å². The van der Waals surface area contributed by atoms with Gasteiger partial charge < -0.3 is 19.9 Å². The van der Waals surface area contributed by atoms with E-state index < -0.39 is 12.6 Å². The van der Waals surface area contributed by atoms with Crippen LogP contribution < -0.4 is 14.8 Å². The molecule has 2 rings (SSSR count). The molecule has 2 aromatic carbocycles. The van der Waals surface area contributed by atoms with E-state index in [2.05, 4.69) is 19.2 Å². The summed E-state index contributed by atoms with van der Waals surface area (Å²) in [6.45, 7) is 5.86. The van der Waals surface area contributed by atoms with Crippen LogP contribution in [0.1, 0.15) is 42.6 Å². The molecule has 0 aliphatic heterocycles. The first-order valence-corrected chi connectivity index (χ1v) is 8.43. The molecule has 6 heteroatoms. The Balaban J connectivity index is 2.19. The van der Waals surface area contributed by atoms with E-state index in [-0.39, 0.29) is 11.7 Å². The number of amides is 1. The first-order valence-electron chi connectivity index (χ1n) is 8.43. The zero-order valence-electron chi connectivity index (χ0n) is 15.1. The molecule has 0 aliphatic rings. The van der Waals surface area contributed by atoms with E-state index in [1.165, 1.54) is 6.07 Å². The van der Waals surface area contributed by atoms with Crippen molar-refractivity contribution in [1.82, 2.24) is 0 Å². The van der Waals surface area contributed by atoms with Crippen LogP contribution in [0.5, 0.6) is 11.5 Å². The van der Waals surface area contributed by atoms with Gasteiger partial charge in [0.15, 0.2) is 18.1 Å². The van der Waals surface area contributed by atoms with Crippen molar-refractivity contribution in [3.05, 3.63) is 53.6 Å². The molecule has 0 spiro atoms. The summed E-state index contributed by atoms with van der Waals surface area (Å²) in [7, 11) is 0. The van der Waals surface area contributed by atoms with E-state index in [1.807, 2.05) is 24.3 Å². The van der Waals surface area contributed by atoms with Crippen molar-refractivity contribution in [3.63, 3.8) is 0 Å². The SMILES string of the molecule is CCOc1cc(C(=O)Nc2cccc(C(C)C)c2)ccc1OCC(=O)O. The van der Waals surface area contributed by atoms with Gasteiger partial charge in [0.1, 0.15) is 0 Å². The van der Waals surface area contributed by atoms with Crippen molar-refractivity contribution in [2.24, 2.45) is 0 Å². The van der Waals surface area contributed by atoms with Crippen molar-refractivity contribution < 1.29 is 24.2 Å². The second-order valence-corrected chi connectivity index (χ2v) is 6.01. The van der Waals surface area contributed by atoms with Crippen LogP contribution in [0.3, 0.4) is 0 Å². The van der Waals surface area contributed by atoms with Gasteiger partial charge in [-0.25, -0.2) is 4.79 Å². The average molecular weight is 357 g/mol. The molecule has 0 aromatic heterocycles. The normalized spacial score (nSPS) is 10.5. The number of nitrogens with one attached hydrogen (secondary N) is 1. The minimum atomic E-state index is -1.08. The largest absolute Gasteiger partial charge is 0.490 e.